The van der Waals surface area contributed by atoms with Crippen molar-refractivity contribution in [3.63, 3.8) is 0 Å². The number of anilines is 1. The molecule has 0 spiro atoms. The zero-order chi connectivity index (χ0) is 18.5. The van der Waals surface area contributed by atoms with E-state index in [-0.39, 0.29) is 23.6 Å². The first-order chi connectivity index (χ1) is 12.6. The van der Waals surface area contributed by atoms with Crippen LogP contribution in [0, 0.1) is 0 Å². The number of fused-ring (bicyclic) bond motifs is 1. The normalized spacial score (nSPS) is 16.2. The summed E-state index contributed by atoms with van der Waals surface area (Å²) in [6, 6.07) is 15.3. The first kappa shape index (κ1) is 18.3. The van der Waals surface area contributed by atoms with Gasteiger partial charge in [-0.15, -0.1) is 11.8 Å². The van der Waals surface area contributed by atoms with Gasteiger partial charge in [0.1, 0.15) is 12.3 Å². The summed E-state index contributed by atoms with van der Waals surface area (Å²) in [5.41, 5.74) is 1.70. The standard InChI is InChI=1S/C20H22N2O3S/c1-3-17-20(24)22(15-9-5-7-11-18(15)26-17)13-19(23)21-12-14-8-4-6-10-16(14)25-2/h4-11,17H,3,12-13H2,1-2H3,(H,21,23)/t17-/m0/s1. The summed E-state index contributed by atoms with van der Waals surface area (Å²) in [5, 5.41) is 2.74. The second-order valence-corrected chi connectivity index (χ2v) is 7.24. The molecule has 2 amide bonds. The van der Waals surface area contributed by atoms with Crippen LogP contribution in [0.2, 0.25) is 0 Å². The molecular formula is C20H22N2O3S. The Balaban J connectivity index is 1.71. The van der Waals surface area contributed by atoms with Crippen LogP contribution in [0.5, 0.6) is 5.75 Å². The van der Waals surface area contributed by atoms with Gasteiger partial charge in [-0.3, -0.25) is 9.59 Å². The van der Waals surface area contributed by atoms with Gasteiger partial charge in [0, 0.05) is 17.0 Å². The van der Waals surface area contributed by atoms with Gasteiger partial charge in [-0.2, -0.15) is 0 Å². The fraction of sp³-hybridized carbons (Fsp3) is 0.300. The summed E-state index contributed by atoms with van der Waals surface area (Å²) in [4.78, 5) is 27.8. The molecule has 2 aromatic rings. The summed E-state index contributed by atoms with van der Waals surface area (Å²) in [6.45, 7) is 2.37. The molecule has 5 nitrogen and oxygen atoms in total. The zero-order valence-electron chi connectivity index (χ0n) is 14.9. The first-order valence-electron chi connectivity index (χ1n) is 8.59. The third-order valence-electron chi connectivity index (χ3n) is 4.31. The minimum atomic E-state index is -0.194. The number of nitrogens with one attached hydrogen (secondary N) is 1. The molecule has 136 valence electrons. The monoisotopic (exact) mass is 370 g/mol. The van der Waals surface area contributed by atoms with Crippen LogP contribution in [-0.2, 0) is 16.1 Å². The van der Waals surface area contributed by atoms with Crippen LogP contribution >= 0.6 is 11.8 Å². The van der Waals surface area contributed by atoms with Gasteiger partial charge in [-0.25, -0.2) is 0 Å². The molecule has 1 N–H and O–H groups in total. The van der Waals surface area contributed by atoms with Gasteiger partial charge in [0.2, 0.25) is 11.8 Å². The molecule has 2 aromatic carbocycles. The van der Waals surface area contributed by atoms with Crippen molar-refractivity contribution in [2.75, 3.05) is 18.6 Å². The molecule has 0 aliphatic carbocycles. The van der Waals surface area contributed by atoms with Crippen molar-refractivity contribution in [1.29, 1.82) is 0 Å². The Morgan fingerprint density at radius 1 is 1.19 bits per heavy atom. The molecular weight excluding hydrogens is 348 g/mol. The van der Waals surface area contributed by atoms with E-state index >= 15 is 0 Å². The number of methoxy groups -OCH3 is 1. The number of thioether (sulfide) groups is 1. The van der Waals surface area contributed by atoms with Crippen LogP contribution in [-0.4, -0.2) is 30.7 Å². The lowest BCUT2D eigenvalue weighted by molar-refractivity contribution is -0.123. The van der Waals surface area contributed by atoms with Crippen molar-refractivity contribution in [3.8, 4) is 5.75 Å². The van der Waals surface area contributed by atoms with Crippen molar-refractivity contribution in [2.45, 2.75) is 30.0 Å². The van der Waals surface area contributed by atoms with E-state index in [0.29, 0.717) is 6.54 Å². The van der Waals surface area contributed by atoms with Gasteiger partial charge >= 0.3 is 0 Å². The predicted octanol–water partition coefficient (Wildman–Crippen LogP) is 3.23. The van der Waals surface area contributed by atoms with E-state index in [9.17, 15) is 9.59 Å². The van der Waals surface area contributed by atoms with Gasteiger partial charge < -0.3 is 15.0 Å². The van der Waals surface area contributed by atoms with Crippen molar-refractivity contribution in [3.05, 3.63) is 54.1 Å². The summed E-state index contributed by atoms with van der Waals surface area (Å²) < 4.78 is 5.30. The SMILES string of the molecule is CC[C@@H]1Sc2ccccc2N(CC(=O)NCc2ccccc2OC)C1=O. The highest BCUT2D eigenvalue weighted by molar-refractivity contribution is 8.01. The number of carbonyl (C=O) groups is 2. The van der Waals surface area contributed by atoms with E-state index in [2.05, 4.69) is 5.32 Å². The van der Waals surface area contributed by atoms with Crippen LogP contribution in [0.25, 0.3) is 0 Å². The number of hydrogen-bond acceptors (Lipinski definition) is 4. The summed E-state index contributed by atoms with van der Waals surface area (Å²) in [5.74, 6) is 0.527. The molecule has 1 atom stereocenters. The Morgan fingerprint density at radius 3 is 2.69 bits per heavy atom. The molecule has 0 fully saturated rings. The lowest BCUT2D eigenvalue weighted by Gasteiger charge is -2.32. The lowest BCUT2D eigenvalue weighted by Crippen LogP contribution is -2.46. The Bertz CT molecular complexity index is 809. The van der Waals surface area contributed by atoms with Gasteiger partial charge in [-0.05, 0) is 24.6 Å². The highest BCUT2D eigenvalue weighted by Gasteiger charge is 2.33. The van der Waals surface area contributed by atoms with E-state index < -0.39 is 0 Å². The van der Waals surface area contributed by atoms with E-state index in [1.807, 2.05) is 55.5 Å². The van der Waals surface area contributed by atoms with E-state index in [4.69, 9.17) is 4.74 Å². The molecule has 3 rings (SSSR count). The topological polar surface area (TPSA) is 58.6 Å². The van der Waals surface area contributed by atoms with Crippen molar-refractivity contribution in [2.24, 2.45) is 0 Å². The Labute approximate surface area is 157 Å². The number of hydrogen-bond donors (Lipinski definition) is 1. The van der Waals surface area contributed by atoms with Crippen LogP contribution in [0.3, 0.4) is 0 Å². The van der Waals surface area contributed by atoms with Crippen LogP contribution in [0.4, 0.5) is 5.69 Å². The average molecular weight is 370 g/mol. The molecule has 0 saturated heterocycles. The number of amides is 2. The minimum absolute atomic E-state index is 0.0105. The molecule has 1 heterocycles. The van der Waals surface area contributed by atoms with Crippen molar-refractivity contribution >= 4 is 29.3 Å². The fourth-order valence-corrected chi connectivity index (χ4v) is 4.10. The molecule has 0 unspecified atom stereocenters. The quantitative estimate of drug-likeness (QED) is 0.848. The number of nitrogens with zero attached hydrogens (tertiary/aromatic N) is 1. The molecule has 0 bridgehead atoms. The highest BCUT2D eigenvalue weighted by atomic mass is 32.2. The molecule has 6 heteroatoms. The van der Waals surface area contributed by atoms with Gasteiger partial charge in [0.15, 0.2) is 0 Å². The first-order valence-corrected chi connectivity index (χ1v) is 9.47. The second-order valence-electron chi connectivity index (χ2n) is 6.00. The third-order valence-corrected chi connectivity index (χ3v) is 5.73. The van der Waals surface area contributed by atoms with Gasteiger partial charge in [-0.1, -0.05) is 37.3 Å². The predicted molar refractivity (Wildman–Crippen MR) is 104 cm³/mol. The molecule has 0 saturated carbocycles. The molecule has 0 aromatic heterocycles. The summed E-state index contributed by atoms with van der Waals surface area (Å²) in [6.07, 6.45) is 0.733. The van der Waals surface area contributed by atoms with Crippen LogP contribution < -0.4 is 15.0 Å². The molecule has 1 aliphatic heterocycles. The Hall–Kier alpha value is -2.47. The molecule has 26 heavy (non-hydrogen) atoms. The van der Waals surface area contributed by atoms with E-state index in [1.165, 1.54) is 0 Å². The smallest absolute Gasteiger partial charge is 0.240 e. The molecule has 1 aliphatic rings. The number of rotatable bonds is 6. The van der Waals surface area contributed by atoms with Crippen LogP contribution in [0.1, 0.15) is 18.9 Å². The zero-order valence-corrected chi connectivity index (χ0v) is 15.7. The van der Waals surface area contributed by atoms with Gasteiger partial charge in [0.25, 0.3) is 0 Å². The fourth-order valence-electron chi connectivity index (χ4n) is 2.94. The maximum absolute atomic E-state index is 12.7. The number of carbonyl (C=O) groups excluding carboxylic acids is 2. The highest BCUT2D eigenvalue weighted by Crippen LogP contribution is 2.39. The van der Waals surface area contributed by atoms with E-state index in [0.717, 1.165) is 28.3 Å². The number of ether oxygens (including phenoxy) is 1. The molecule has 0 radical (unpaired) electrons. The summed E-state index contributed by atoms with van der Waals surface area (Å²) in [7, 11) is 1.60. The van der Waals surface area contributed by atoms with E-state index in [1.54, 1.807) is 23.8 Å². The third kappa shape index (κ3) is 3.85. The van der Waals surface area contributed by atoms with Crippen molar-refractivity contribution < 1.29 is 14.3 Å². The second kappa shape index (κ2) is 8.27. The maximum Gasteiger partial charge on any atom is 0.240 e. The maximum atomic E-state index is 12.7. The Kier molecular flexibility index (Phi) is 5.83. The average Bonchev–Trinajstić information content (AvgIpc) is 2.68. The number of para-hydroxylation sites is 2. The minimum Gasteiger partial charge on any atom is -0.496 e. The van der Waals surface area contributed by atoms with Crippen molar-refractivity contribution in [1.82, 2.24) is 5.32 Å². The lowest BCUT2D eigenvalue weighted by atomic mass is 10.2. The Morgan fingerprint density at radius 2 is 1.92 bits per heavy atom. The summed E-state index contributed by atoms with van der Waals surface area (Å²) >= 11 is 1.57. The van der Waals surface area contributed by atoms with Gasteiger partial charge in [0.05, 0.1) is 18.0 Å². The largest absolute Gasteiger partial charge is 0.496 e. The number of benzene rings is 2. The van der Waals surface area contributed by atoms with Crippen LogP contribution in [0.15, 0.2) is 53.4 Å².